The highest BCUT2D eigenvalue weighted by molar-refractivity contribution is 5.72. The summed E-state index contributed by atoms with van der Waals surface area (Å²) in [5.41, 5.74) is 7.40. The van der Waals surface area contributed by atoms with E-state index in [2.05, 4.69) is 30.9 Å². The molecule has 0 spiro atoms. The third-order valence-electron chi connectivity index (χ3n) is 5.10. The van der Waals surface area contributed by atoms with Crippen LogP contribution in [0.4, 0.5) is 4.39 Å². The average molecular weight is 341 g/mol. The second-order valence-electron chi connectivity index (χ2n) is 7.12. The first kappa shape index (κ1) is 18.1. The number of halogens is 1. The van der Waals surface area contributed by atoms with Crippen LogP contribution in [0.2, 0.25) is 0 Å². The molecule has 1 saturated heterocycles. The lowest BCUT2D eigenvalue weighted by molar-refractivity contribution is 0.0374. The van der Waals surface area contributed by atoms with E-state index in [0.29, 0.717) is 0 Å². The highest BCUT2D eigenvalue weighted by atomic mass is 19.1. The van der Waals surface area contributed by atoms with Gasteiger partial charge in [0.05, 0.1) is 13.2 Å². The first-order valence-electron chi connectivity index (χ1n) is 9.21. The molecule has 1 heterocycles. The lowest BCUT2D eigenvalue weighted by atomic mass is 9.89. The van der Waals surface area contributed by atoms with E-state index in [-0.39, 0.29) is 5.82 Å². The quantitative estimate of drug-likeness (QED) is 0.783. The molecular formula is C22H28FNO. The van der Waals surface area contributed by atoms with Crippen LogP contribution in [0.5, 0.6) is 0 Å². The molecule has 2 nitrogen and oxygen atoms in total. The van der Waals surface area contributed by atoms with Crippen molar-refractivity contribution >= 4 is 0 Å². The number of hydrogen-bond acceptors (Lipinski definition) is 2. The highest BCUT2D eigenvalue weighted by Gasteiger charge is 2.14. The summed E-state index contributed by atoms with van der Waals surface area (Å²) in [6, 6.07) is 9.62. The Balaban J connectivity index is 1.82. The van der Waals surface area contributed by atoms with Crippen LogP contribution < -0.4 is 0 Å². The van der Waals surface area contributed by atoms with Crippen LogP contribution in [-0.4, -0.2) is 37.7 Å². The Kier molecular flexibility index (Phi) is 5.87. The topological polar surface area (TPSA) is 12.5 Å². The number of rotatable bonds is 5. The van der Waals surface area contributed by atoms with Crippen molar-refractivity contribution in [3.05, 3.63) is 58.4 Å². The predicted molar refractivity (Wildman–Crippen MR) is 102 cm³/mol. The van der Waals surface area contributed by atoms with Gasteiger partial charge in [0.2, 0.25) is 0 Å². The van der Waals surface area contributed by atoms with Gasteiger partial charge in [-0.05, 0) is 80.1 Å². The fourth-order valence-corrected chi connectivity index (χ4v) is 3.80. The summed E-state index contributed by atoms with van der Waals surface area (Å²) in [7, 11) is 0. The van der Waals surface area contributed by atoms with E-state index in [1.54, 1.807) is 12.1 Å². The van der Waals surface area contributed by atoms with E-state index in [9.17, 15) is 4.39 Å². The Hall–Kier alpha value is -1.71. The molecule has 3 rings (SSSR count). The van der Waals surface area contributed by atoms with Gasteiger partial charge in [0.25, 0.3) is 0 Å². The molecular weight excluding hydrogens is 313 g/mol. The fraction of sp³-hybridized carbons (Fsp3) is 0.455. The highest BCUT2D eigenvalue weighted by Crippen LogP contribution is 2.31. The Bertz CT molecular complexity index is 735. The van der Waals surface area contributed by atoms with Crippen molar-refractivity contribution in [1.29, 1.82) is 0 Å². The van der Waals surface area contributed by atoms with Crippen LogP contribution in [0, 0.1) is 26.6 Å². The summed E-state index contributed by atoms with van der Waals surface area (Å²) in [5, 5.41) is 0. The van der Waals surface area contributed by atoms with E-state index in [1.807, 2.05) is 13.0 Å². The summed E-state index contributed by atoms with van der Waals surface area (Å²) in [4.78, 5) is 2.48. The molecule has 0 aliphatic carbocycles. The largest absolute Gasteiger partial charge is 0.379 e. The van der Waals surface area contributed by atoms with Gasteiger partial charge < -0.3 is 4.74 Å². The Morgan fingerprint density at radius 2 is 1.72 bits per heavy atom. The maximum absolute atomic E-state index is 13.5. The lowest BCUT2D eigenvalue weighted by Gasteiger charge is -2.26. The van der Waals surface area contributed by atoms with Crippen molar-refractivity contribution < 1.29 is 9.13 Å². The van der Waals surface area contributed by atoms with Crippen LogP contribution in [0.15, 0.2) is 30.3 Å². The van der Waals surface area contributed by atoms with Crippen LogP contribution in [-0.2, 0) is 11.2 Å². The molecule has 134 valence electrons. The maximum Gasteiger partial charge on any atom is 0.123 e. The zero-order valence-corrected chi connectivity index (χ0v) is 15.6. The number of morpholine rings is 1. The molecule has 1 aliphatic heterocycles. The predicted octanol–water partition coefficient (Wildman–Crippen LogP) is 4.68. The molecule has 0 radical (unpaired) electrons. The van der Waals surface area contributed by atoms with Crippen molar-refractivity contribution in [1.82, 2.24) is 4.90 Å². The number of ether oxygens (including phenoxy) is 1. The van der Waals surface area contributed by atoms with Crippen LogP contribution in [0.25, 0.3) is 11.1 Å². The van der Waals surface area contributed by atoms with Crippen molar-refractivity contribution in [2.75, 3.05) is 32.8 Å². The van der Waals surface area contributed by atoms with Gasteiger partial charge in [-0.15, -0.1) is 0 Å². The molecule has 25 heavy (non-hydrogen) atoms. The number of benzene rings is 2. The molecule has 1 aliphatic rings. The smallest absolute Gasteiger partial charge is 0.123 e. The van der Waals surface area contributed by atoms with E-state index >= 15 is 0 Å². The summed E-state index contributed by atoms with van der Waals surface area (Å²) < 4.78 is 18.9. The third kappa shape index (κ3) is 4.47. The first-order chi connectivity index (χ1) is 12.0. The van der Waals surface area contributed by atoms with Gasteiger partial charge in [-0.25, -0.2) is 4.39 Å². The van der Waals surface area contributed by atoms with Gasteiger partial charge >= 0.3 is 0 Å². The number of hydrogen-bond donors (Lipinski definition) is 0. The van der Waals surface area contributed by atoms with Crippen molar-refractivity contribution in [2.45, 2.75) is 33.6 Å². The minimum absolute atomic E-state index is 0.167. The van der Waals surface area contributed by atoms with Gasteiger partial charge in [0.1, 0.15) is 5.82 Å². The molecule has 0 unspecified atom stereocenters. The molecule has 0 N–H and O–H groups in total. The molecule has 3 heteroatoms. The van der Waals surface area contributed by atoms with E-state index in [1.165, 1.54) is 22.3 Å². The molecule has 0 aromatic heterocycles. The maximum atomic E-state index is 13.5. The zero-order valence-electron chi connectivity index (χ0n) is 15.6. The van der Waals surface area contributed by atoms with E-state index < -0.39 is 0 Å². The van der Waals surface area contributed by atoms with E-state index in [0.717, 1.165) is 56.8 Å². The normalized spacial score (nSPS) is 15.5. The van der Waals surface area contributed by atoms with Crippen molar-refractivity contribution in [2.24, 2.45) is 0 Å². The summed E-state index contributed by atoms with van der Waals surface area (Å²) >= 11 is 0. The average Bonchev–Trinajstić information content (AvgIpc) is 2.57. The molecule has 2 aromatic rings. The van der Waals surface area contributed by atoms with Crippen LogP contribution >= 0.6 is 0 Å². The first-order valence-corrected chi connectivity index (χ1v) is 9.21. The standard InChI is InChI=1S/C22H28FNO/c1-16-13-17(2)20(5-4-8-24-9-11-25-12-10-24)22(14-16)21-7-6-19(23)15-18(21)3/h6-7,13-15H,4-5,8-12H2,1-3H3. The van der Waals surface area contributed by atoms with Crippen molar-refractivity contribution in [3.63, 3.8) is 0 Å². The molecule has 0 atom stereocenters. The molecule has 1 fully saturated rings. The Morgan fingerprint density at radius 3 is 2.44 bits per heavy atom. The molecule has 0 bridgehead atoms. The van der Waals surface area contributed by atoms with Gasteiger partial charge in [-0.3, -0.25) is 4.90 Å². The minimum atomic E-state index is -0.167. The lowest BCUT2D eigenvalue weighted by Crippen LogP contribution is -2.37. The summed E-state index contributed by atoms with van der Waals surface area (Å²) in [6.45, 7) is 11.2. The molecule has 0 saturated carbocycles. The Labute approximate surface area is 150 Å². The fourth-order valence-electron chi connectivity index (χ4n) is 3.80. The van der Waals surface area contributed by atoms with Crippen LogP contribution in [0.1, 0.15) is 28.7 Å². The Morgan fingerprint density at radius 1 is 0.960 bits per heavy atom. The SMILES string of the molecule is Cc1cc(C)c(CCCN2CCOCC2)c(-c2ccc(F)cc2C)c1. The second-order valence-corrected chi connectivity index (χ2v) is 7.12. The summed E-state index contributed by atoms with van der Waals surface area (Å²) in [5.74, 6) is -0.167. The monoisotopic (exact) mass is 341 g/mol. The summed E-state index contributed by atoms with van der Waals surface area (Å²) in [6.07, 6.45) is 2.19. The van der Waals surface area contributed by atoms with Crippen LogP contribution in [0.3, 0.4) is 0 Å². The van der Waals surface area contributed by atoms with Gasteiger partial charge in [-0.1, -0.05) is 23.8 Å². The van der Waals surface area contributed by atoms with Gasteiger partial charge in [0, 0.05) is 13.1 Å². The van der Waals surface area contributed by atoms with E-state index in [4.69, 9.17) is 4.74 Å². The van der Waals surface area contributed by atoms with Gasteiger partial charge in [0.15, 0.2) is 0 Å². The third-order valence-corrected chi connectivity index (χ3v) is 5.10. The molecule has 0 amide bonds. The van der Waals surface area contributed by atoms with Gasteiger partial charge in [-0.2, -0.15) is 0 Å². The second kappa shape index (κ2) is 8.11. The molecule has 2 aromatic carbocycles. The minimum Gasteiger partial charge on any atom is -0.379 e. The zero-order chi connectivity index (χ0) is 17.8. The van der Waals surface area contributed by atoms with Crippen molar-refractivity contribution in [3.8, 4) is 11.1 Å². The number of aryl methyl sites for hydroxylation is 3. The number of nitrogens with zero attached hydrogens (tertiary/aromatic N) is 1.